The predicted octanol–water partition coefficient (Wildman–Crippen LogP) is 5.98. The number of benzene rings is 5. The first-order valence-corrected chi connectivity index (χ1v) is 18.2. The fraction of sp³-hybridized carbons (Fsp3) is 0.0312. The van der Waals surface area contributed by atoms with Gasteiger partial charge < -0.3 is 17.8 Å². The Morgan fingerprint density at radius 1 is 0.576 bits per heavy atom. The topological polar surface area (TPSA) is 295 Å². The standard InChI is InChI=1S/C32H12F4N4O17S2/c33-19-11-17-27(25(35)29(19)56-58(50,51)23-7-5-13(37(42)43)9-21(23)39(46)47)54-28-18(32(17)16-4-2-1-3-15(16)31(41)55-32)12-20(34)30(26(28)36)57-59(52,53)24-8-6-14(38(44)45)10-22(24)40(48)49/h1-12H. The molecule has 0 aromatic heterocycles. The summed E-state index contributed by atoms with van der Waals surface area (Å²) in [5.74, 6) is -16.3. The summed E-state index contributed by atoms with van der Waals surface area (Å²) in [7, 11) is -11.4. The van der Waals surface area contributed by atoms with Crippen molar-refractivity contribution in [2.75, 3.05) is 0 Å². The highest BCUT2D eigenvalue weighted by atomic mass is 32.2. The van der Waals surface area contributed by atoms with Gasteiger partial charge in [-0.3, -0.25) is 40.5 Å². The molecule has 2 aliphatic rings. The Balaban J connectivity index is 1.42. The lowest BCUT2D eigenvalue weighted by Gasteiger charge is -2.37. The van der Waals surface area contributed by atoms with Crippen molar-refractivity contribution < 1.29 is 76.7 Å². The van der Waals surface area contributed by atoms with Crippen LogP contribution in [0.2, 0.25) is 0 Å². The largest absolute Gasteiger partial charge is 0.450 e. The van der Waals surface area contributed by atoms with Crippen molar-refractivity contribution >= 4 is 49.0 Å². The molecule has 0 amide bonds. The molecule has 2 heterocycles. The molecule has 0 radical (unpaired) electrons. The highest BCUT2D eigenvalue weighted by molar-refractivity contribution is 7.87. The summed E-state index contributed by atoms with van der Waals surface area (Å²) in [6.45, 7) is 0. The third-order valence-electron chi connectivity index (χ3n) is 8.62. The van der Waals surface area contributed by atoms with Gasteiger partial charge in [0.15, 0.2) is 38.5 Å². The van der Waals surface area contributed by atoms with Crippen LogP contribution in [0.3, 0.4) is 0 Å². The van der Waals surface area contributed by atoms with Gasteiger partial charge in [0.2, 0.25) is 23.1 Å². The SMILES string of the molecule is O=C1OC2(c3ccccc31)c1cc(F)c(OS(=O)(=O)c3ccc([N+](=O)[O-])cc3[N+](=O)[O-])c(F)c1Oc1c2cc(F)c(OS(=O)(=O)c2ccc([N+](=O)[O-])cc2[N+](=O)[O-])c1F. The number of nitro benzene ring substituents is 4. The van der Waals surface area contributed by atoms with E-state index in [-0.39, 0.29) is 35.4 Å². The van der Waals surface area contributed by atoms with E-state index in [9.17, 15) is 62.1 Å². The lowest BCUT2D eigenvalue weighted by Crippen LogP contribution is -2.34. The molecule has 5 aromatic carbocycles. The molecule has 0 N–H and O–H groups in total. The molecule has 27 heteroatoms. The van der Waals surface area contributed by atoms with E-state index in [0.717, 1.165) is 12.1 Å². The summed E-state index contributed by atoms with van der Waals surface area (Å²) in [4.78, 5) is 50.8. The van der Waals surface area contributed by atoms with Crippen molar-refractivity contribution in [3.05, 3.63) is 159 Å². The zero-order chi connectivity index (χ0) is 43.1. The van der Waals surface area contributed by atoms with Gasteiger partial charge in [0.25, 0.3) is 22.7 Å². The summed E-state index contributed by atoms with van der Waals surface area (Å²) in [5, 5.41) is 45.5. The average Bonchev–Trinajstić information content (AvgIpc) is 3.47. The summed E-state index contributed by atoms with van der Waals surface area (Å²) in [6.07, 6.45) is 0. The Morgan fingerprint density at radius 3 is 1.41 bits per heavy atom. The third-order valence-corrected chi connectivity index (χ3v) is 11.2. The Hall–Kier alpha value is -7.81. The average molecular weight is 865 g/mol. The minimum Gasteiger partial charge on any atom is -0.450 e. The Labute approximate surface area is 322 Å². The van der Waals surface area contributed by atoms with Gasteiger partial charge in [-0.15, -0.1) is 0 Å². The number of fused-ring (bicyclic) bond motifs is 6. The number of esters is 1. The van der Waals surface area contributed by atoms with Crippen molar-refractivity contribution in [2.45, 2.75) is 15.4 Å². The summed E-state index contributed by atoms with van der Waals surface area (Å²) >= 11 is 0. The van der Waals surface area contributed by atoms with Crippen LogP contribution in [0.1, 0.15) is 27.0 Å². The Morgan fingerprint density at radius 2 is 1.00 bits per heavy atom. The van der Waals surface area contributed by atoms with Crippen LogP contribution in [0, 0.1) is 63.7 Å². The number of nitrogens with zero attached hydrogens (tertiary/aromatic N) is 4. The second-order valence-electron chi connectivity index (χ2n) is 11.9. The normalized spacial score (nSPS) is 13.7. The van der Waals surface area contributed by atoms with Gasteiger partial charge in [-0.25, -0.2) is 13.6 Å². The van der Waals surface area contributed by atoms with E-state index in [1.807, 2.05) is 0 Å². The van der Waals surface area contributed by atoms with E-state index >= 15 is 17.6 Å². The van der Waals surface area contributed by atoms with Crippen molar-refractivity contribution in [3.8, 4) is 23.0 Å². The smallest absolute Gasteiger partial charge is 0.346 e. The van der Waals surface area contributed by atoms with Gasteiger partial charge in [-0.1, -0.05) is 18.2 Å². The number of hydrogen-bond donors (Lipinski definition) is 0. The zero-order valence-electron chi connectivity index (χ0n) is 28.0. The molecule has 59 heavy (non-hydrogen) atoms. The molecule has 5 aromatic rings. The molecule has 302 valence electrons. The van der Waals surface area contributed by atoms with E-state index in [4.69, 9.17) is 9.47 Å². The second-order valence-corrected chi connectivity index (χ2v) is 14.9. The minimum absolute atomic E-state index is 0.201. The van der Waals surface area contributed by atoms with Gasteiger partial charge in [0.1, 0.15) is 0 Å². The first kappa shape index (κ1) is 39.4. The molecule has 0 fully saturated rings. The highest BCUT2D eigenvalue weighted by Gasteiger charge is 2.56. The van der Waals surface area contributed by atoms with Crippen LogP contribution < -0.4 is 13.1 Å². The molecular weight excluding hydrogens is 852 g/mol. The Kier molecular flexibility index (Phi) is 8.96. The maximum atomic E-state index is 16.6. The molecule has 21 nitrogen and oxygen atoms in total. The molecule has 0 saturated carbocycles. The maximum Gasteiger partial charge on any atom is 0.346 e. The number of nitro groups is 4. The van der Waals surface area contributed by atoms with E-state index in [0.29, 0.717) is 24.3 Å². The summed E-state index contributed by atoms with van der Waals surface area (Å²) in [5.41, 5.74) is -10.2. The van der Waals surface area contributed by atoms with Crippen LogP contribution in [0.4, 0.5) is 40.3 Å². The number of ether oxygens (including phenoxy) is 2. The quantitative estimate of drug-likeness (QED) is 0.0512. The molecule has 0 bridgehead atoms. The minimum atomic E-state index is -5.71. The molecule has 7 rings (SSSR count). The van der Waals surface area contributed by atoms with Gasteiger partial charge in [-0.05, 0) is 30.3 Å². The van der Waals surface area contributed by atoms with Crippen molar-refractivity contribution in [2.24, 2.45) is 0 Å². The molecular formula is C32H12F4N4O17S2. The summed E-state index contributed by atoms with van der Waals surface area (Å²) in [6, 6.07) is 7.30. The van der Waals surface area contributed by atoms with Crippen molar-refractivity contribution in [1.29, 1.82) is 0 Å². The van der Waals surface area contributed by atoms with Crippen LogP contribution in [0.25, 0.3) is 0 Å². The van der Waals surface area contributed by atoms with E-state index in [2.05, 4.69) is 8.37 Å². The van der Waals surface area contributed by atoms with Crippen LogP contribution in [0.15, 0.2) is 82.6 Å². The van der Waals surface area contributed by atoms with Crippen molar-refractivity contribution in [1.82, 2.24) is 0 Å². The number of carbonyl (C=O) groups excluding carboxylic acids is 1. The number of carbonyl (C=O) groups is 1. The fourth-order valence-electron chi connectivity index (χ4n) is 6.16. The zero-order valence-corrected chi connectivity index (χ0v) is 29.6. The molecule has 0 saturated heterocycles. The lowest BCUT2D eigenvalue weighted by molar-refractivity contribution is -0.396. The predicted molar refractivity (Wildman–Crippen MR) is 180 cm³/mol. The van der Waals surface area contributed by atoms with Crippen LogP contribution in [-0.2, 0) is 30.6 Å². The van der Waals surface area contributed by atoms with E-state index in [1.165, 1.54) is 12.1 Å². The monoisotopic (exact) mass is 864 g/mol. The molecule has 2 aliphatic heterocycles. The first-order chi connectivity index (χ1) is 27.6. The fourth-order valence-corrected chi connectivity index (χ4v) is 8.34. The Bertz CT molecular complexity index is 2870. The number of halogens is 4. The number of non-ortho nitro benzene ring substituents is 2. The van der Waals surface area contributed by atoms with Crippen LogP contribution in [0.5, 0.6) is 23.0 Å². The highest BCUT2D eigenvalue weighted by Crippen LogP contribution is 2.59. The van der Waals surface area contributed by atoms with Crippen LogP contribution in [-0.4, -0.2) is 42.5 Å². The van der Waals surface area contributed by atoms with Crippen molar-refractivity contribution in [3.63, 3.8) is 0 Å². The van der Waals surface area contributed by atoms with E-state index < -0.39 is 141 Å². The summed E-state index contributed by atoms with van der Waals surface area (Å²) < 4.78 is 138. The van der Waals surface area contributed by atoms with Gasteiger partial charge >= 0.3 is 26.2 Å². The van der Waals surface area contributed by atoms with Crippen LogP contribution >= 0.6 is 0 Å². The second kappa shape index (κ2) is 13.4. The molecule has 1 spiro atoms. The van der Waals surface area contributed by atoms with Gasteiger partial charge in [0, 0.05) is 17.7 Å². The maximum absolute atomic E-state index is 16.6. The van der Waals surface area contributed by atoms with E-state index in [1.54, 1.807) is 0 Å². The number of rotatable bonds is 10. The molecule has 0 unspecified atom stereocenters. The van der Waals surface area contributed by atoms with Gasteiger partial charge in [-0.2, -0.15) is 25.6 Å². The third kappa shape index (κ3) is 6.10. The molecule has 0 aliphatic carbocycles. The molecule has 0 atom stereocenters. The van der Waals surface area contributed by atoms with Gasteiger partial charge in [0.05, 0.1) is 48.5 Å². The first-order valence-electron chi connectivity index (χ1n) is 15.4. The number of hydrogen-bond acceptors (Lipinski definition) is 17. The lowest BCUT2D eigenvalue weighted by atomic mass is 9.77.